The molecule has 2 aromatic carbocycles. The number of aromatic nitrogens is 2. The predicted octanol–water partition coefficient (Wildman–Crippen LogP) is 1.88. The highest BCUT2D eigenvalue weighted by molar-refractivity contribution is 5.95. The number of carbonyl (C=O) groups excluding carboxylic acids is 1. The van der Waals surface area contributed by atoms with E-state index in [1.807, 2.05) is 6.07 Å². The van der Waals surface area contributed by atoms with E-state index in [1.165, 1.54) is 44.5 Å². The molecule has 3 rings (SSSR count). The third-order valence-corrected chi connectivity index (χ3v) is 4.52. The van der Waals surface area contributed by atoms with Gasteiger partial charge < -0.3 is 9.84 Å². The number of hydrogen-bond acceptors (Lipinski definition) is 7. The van der Waals surface area contributed by atoms with Crippen LogP contribution in [0.25, 0.3) is 5.69 Å². The molecule has 0 radical (unpaired) electrons. The van der Waals surface area contributed by atoms with Gasteiger partial charge in [-0.2, -0.15) is 20.1 Å². The molecular weight excluding hydrogens is 414 g/mol. The van der Waals surface area contributed by atoms with Crippen molar-refractivity contribution in [3.05, 3.63) is 86.8 Å². The first kappa shape index (κ1) is 21.9. The molecule has 0 saturated heterocycles. The number of nitrogens with zero attached hydrogens (tertiary/aromatic N) is 4. The Kier molecular flexibility index (Phi) is 6.41. The number of nitrogens with one attached hydrogen (secondary N) is 1. The van der Waals surface area contributed by atoms with Crippen LogP contribution in [0.1, 0.15) is 37.5 Å². The van der Waals surface area contributed by atoms with Crippen molar-refractivity contribution in [2.45, 2.75) is 6.92 Å². The molecule has 0 atom stereocenters. The number of carbonyl (C=O) groups is 2. The molecule has 1 amide bonds. The second-order valence-electron chi connectivity index (χ2n) is 6.50. The van der Waals surface area contributed by atoms with Crippen LogP contribution < -0.4 is 15.7 Å². The molecule has 1 aromatic heterocycles. The van der Waals surface area contributed by atoms with Crippen molar-refractivity contribution in [2.75, 3.05) is 7.11 Å². The van der Waals surface area contributed by atoms with Crippen LogP contribution in [-0.4, -0.2) is 40.1 Å². The fourth-order valence-electron chi connectivity index (χ4n) is 2.78. The van der Waals surface area contributed by atoms with Gasteiger partial charge in [0.2, 0.25) is 0 Å². The fraction of sp³-hybridized carbons (Fsp3) is 0.0909. The minimum Gasteiger partial charge on any atom is -0.497 e. The molecule has 2 N–H and O–H groups in total. The lowest BCUT2D eigenvalue weighted by atomic mass is 10.1. The van der Waals surface area contributed by atoms with E-state index in [0.29, 0.717) is 17.0 Å². The Morgan fingerprint density at radius 3 is 2.41 bits per heavy atom. The summed E-state index contributed by atoms with van der Waals surface area (Å²) >= 11 is 0. The van der Waals surface area contributed by atoms with E-state index in [1.54, 1.807) is 24.3 Å². The largest absolute Gasteiger partial charge is 0.497 e. The lowest BCUT2D eigenvalue weighted by molar-refractivity contribution is 0.0696. The summed E-state index contributed by atoms with van der Waals surface area (Å²) in [4.78, 5) is 36.2. The highest BCUT2D eigenvalue weighted by Crippen LogP contribution is 2.15. The van der Waals surface area contributed by atoms with E-state index >= 15 is 0 Å². The van der Waals surface area contributed by atoms with Crippen LogP contribution in [0.3, 0.4) is 0 Å². The van der Waals surface area contributed by atoms with Crippen molar-refractivity contribution < 1.29 is 19.4 Å². The molecule has 0 aliphatic rings. The number of nitriles is 1. The Labute approximate surface area is 182 Å². The number of ether oxygens (including phenoxy) is 1. The smallest absolute Gasteiger partial charge is 0.335 e. The normalized spacial score (nSPS) is 10.5. The highest BCUT2D eigenvalue weighted by atomic mass is 16.5. The van der Waals surface area contributed by atoms with Gasteiger partial charge in [0.05, 0.1) is 24.6 Å². The molecule has 0 saturated carbocycles. The average Bonchev–Trinajstić information content (AvgIpc) is 2.80. The van der Waals surface area contributed by atoms with Crippen LogP contribution >= 0.6 is 0 Å². The Morgan fingerprint density at radius 2 is 1.84 bits per heavy atom. The molecule has 0 aliphatic heterocycles. The molecule has 10 nitrogen and oxygen atoms in total. The van der Waals surface area contributed by atoms with Crippen molar-refractivity contribution in [2.24, 2.45) is 5.10 Å². The third kappa shape index (κ3) is 4.52. The highest BCUT2D eigenvalue weighted by Gasteiger charge is 2.20. The monoisotopic (exact) mass is 431 g/mol. The maximum Gasteiger partial charge on any atom is 0.335 e. The molecule has 0 bridgehead atoms. The van der Waals surface area contributed by atoms with Gasteiger partial charge in [0.1, 0.15) is 17.4 Å². The average molecular weight is 431 g/mol. The molecule has 0 aliphatic carbocycles. The molecule has 0 spiro atoms. The van der Waals surface area contributed by atoms with Gasteiger partial charge in [-0.05, 0) is 48.9 Å². The molecule has 0 fully saturated rings. The van der Waals surface area contributed by atoms with Crippen LogP contribution in [0.15, 0.2) is 58.4 Å². The Bertz CT molecular complexity index is 1300. The maximum atomic E-state index is 12.7. The zero-order valence-electron chi connectivity index (χ0n) is 17.1. The summed E-state index contributed by atoms with van der Waals surface area (Å²) in [6, 6.07) is 14.1. The maximum absolute atomic E-state index is 12.7. The van der Waals surface area contributed by atoms with Crippen molar-refractivity contribution in [1.29, 1.82) is 5.26 Å². The van der Waals surface area contributed by atoms with Gasteiger partial charge in [0.15, 0.2) is 5.69 Å². The molecule has 3 aromatic rings. The number of aromatic carboxylic acids is 1. The molecule has 160 valence electrons. The Hall–Kier alpha value is -4.78. The summed E-state index contributed by atoms with van der Waals surface area (Å²) in [7, 11) is 1.50. The zero-order chi connectivity index (χ0) is 23.3. The van der Waals surface area contributed by atoms with E-state index in [0.717, 1.165) is 4.68 Å². The minimum atomic E-state index is -1.05. The first-order chi connectivity index (χ1) is 15.3. The van der Waals surface area contributed by atoms with Gasteiger partial charge in [0.25, 0.3) is 11.5 Å². The predicted molar refractivity (Wildman–Crippen MR) is 114 cm³/mol. The van der Waals surface area contributed by atoms with Crippen LogP contribution in [0.2, 0.25) is 0 Å². The summed E-state index contributed by atoms with van der Waals surface area (Å²) in [5.74, 6) is -1.21. The first-order valence-electron chi connectivity index (χ1n) is 9.21. The number of benzene rings is 2. The number of hydrazone groups is 1. The minimum absolute atomic E-state index is 0.121. The van der Waals surface area contributed by atoms with Crippen LogP contribution in [0.5, 0.6) is 5.75 Å². The lowest BCUT2D eigenvalue weighted by Gasteiger charge is -2.11. The molecule has 32 heavy (non-hydrogen) atoms. The number of amides is 1. The molecule has 10 heteroatoms. The van der Waals surface area contributed by atoms with Crippen molar-refractivity contribution in [1.82, 2.24) is 15.2 Å². The first-order valence-corrected chi connectivity index (χ1v) is 9.21. The number of carboxylic acid groups (broad SMARTS) is 1. The van der Waals surface area contributed by atoms with E-state index < -0.39 is 17.4 Å². The molecule has 0 unspecified atom stereocenters. The second-order valence-corrected chi connectivity index (χ2v) is 6.50. The van der Waals surface area contributed by atoms with Crippen molar-refractivity contribution >= 4 is 18.1 Å². The standard InChI is InChI=1S/C22H17N5O5/c1-13-18(11-23)21(29)27(16-7-9-17(32-2)10-8-16)26-19(13)20(28)25-24-12-14-3-5-15(6-4-14)22(30)31/h3-10,12H,1-2H3,(H,25,28)(H,30,31)/b24-12-. The molecular formula is C22H17N5O5. The van der Waals surface area contributed by atoms with Crippen LogP contribution in [0.4, 0.5) is 0 Å². The van der Waals surface area contributed by atoms with Gasteiger partial charge in [-0.3, -0.25) is 9.59 Å². The number of hydrogen-bond donors (Lipinski definition) is 2. The number of carboxylic acids is 1. The van der Waals surface area contributed by atoms with Gasteiger partial charge in [-0.15, -0.1) is 0 Å². The van der Waals surface area contributed by atoms with E-state index in [2.05, 4.69) is 15.6 Å². The van der Waals surface area contributed by atoms with Gasteiger partial charge in [-0.1, -0.05) is 12.1 Å². The summed E-state index contributed by atoms with van der Waals surface area (Å²) < 4.78 is 6.06. The van der Waals surface area contributed by atoms with Crippen LogP contribution in [-0.2, 0) is 0 Å². The molecule has 1 heterocycles. The van der Waals surface area contributed by atoms with E-state index in [-0.39, 0.29) is 22.4 Å². The number of methoxy groups -OCH3 is 1. The SMILES string of the molecule is COc1ccc(-n2nc(C(=O)N/N=C\c3ccc(C(=O)O)cc3)c(C)c(C#N)c2=O)cc1. The summed E-state index contributed by atoms with van der Waals surface area (Å²) in [6.45, 7) is 1.45. The fourth-order valence-corrected chi connectivity index (χ4v) is 2.78. The second kappa shape index (κ2) is 9.36. The topological polar surface area (TPSA) is 147 Å². The van der Waals surface area contributed by atoms with Crippen LogP contribution in [0, 0.1) is 18.3 Å². The van der Waals surface area contributed by atoms with Gasteiger partial charge in [0, 0.05) is 5.56 Å². The number of rotatable bonds is 6. The van der Waals surface area contributed by atoms with Gasteiger partial charge >= 0.3 is 5.97 Å². The quantitative estimate of drug-likeness (QED) is 0.447. The van der Waals surface area contributed by atoms with Crippen molar-refractivity contribution in [3.63, 3.8) is 0 Å². The third-order valence-electron chi connectivity index (χ3n) is 4.52. The Balaban J connectivity index is 1.90. The summed E-state index contributed by atoms with van der Waals surface area (Å²) in [5, 5.41) is 26.3. The zero-order valence-corrected chi connectivity index (χ0v) is 17.1. The van der Waals surface area contributed by atoms with Crippen molar-refractivity contribution in [3.8, 4) is 17.5 Å². The Morgan fingerprint density at radius 1 is 1.19 bits per heavy atom. The lowest BCUT2D eigenvalue weighted by Crippen LogP contribution is -2.31. The summed E-state index contributed by atoms with van der Waals surface area (Å²) in [6.07, 6.45) is 1.32. The van der Waals surface area contributed by atoms with Gasteiger partial charge in [-0.25, -0.2) is 10.2 Å². The van der Waals surface area contributed by atoms with E-state index in [4.69, 9.17) is 9.84 Å². The van der Waals surface area contributed by atoms with E-state index in [9.17, 15) is 19.6 Å². The summed E-state index contributed by atoms with van der Waals surface area (Å²) in [5.41, 5.74) is 2.44.